The molecule has 1 aromatic carbocycles. The molecule has 2 atom stereocenters. The third kappa shape index (κ3) is 6.21. The minimum atomic E-state index is -1.87. The van der Waals surface area contributed by atoms with Gasteiger partial charge in [0.15, 0.2) is 8.32 Å². The van der Waals surface area contributed by atoms with Crippen LogP contribution in [0.3, 0.4) is 0 Å². The van der Waals surface area contributed by atoms with E-state index in [0.717, 1.165) is 18.5 Å². The van der Waals surface area contributed by atoms with E-state index in [0.29, 0.717) is 6.42 Å². The van der Waals surface area contributed by atoms with Gasteiger partial charge in [-0.05, 0) is 54.7 Å². The Balaban J connectivity index is 2.23. The molecule has 0 spiro atoms. The molecule has 0 N–H and O–H groups in total. The van der Waals surface area contributed by atoms with Crippen LogP contribution in [0.1, 0.15) is 77.9 Å². The summed E-state index contributed by atoms with van der Waals surface area (Å²) >= 11 is 0. The quantitative estimate of drug-likeness (QED) is 0.228. The van der Waals surface area contributed by atoms with E-state index in [1.807, 2.05) is 11.0 Å². The van der Waals surface area contributed by atoms with E-state index < -0.39 is 8.32 Å². The van der Waals surface area contributed by atoms with Gasteiger partial charge in [0, 0.05) is 12.1 Å². The van der Waals surface area contributed by atoms with Gasteiger partial charge in [-0.25, -0.2) is 0 Å². The van der Waals surface area contributed by atoms with Crippen molar-refractivity contribution in [1.82, 2.24) is 0 Å². The Bertz CT molecular complexity index is 706. The molecule has 30 heavy (non-hydrogen) atoms. The number of methoxy groups -OCH3 is 1. The van der Waals surface area contributed by atoms with Gasteiger partial charge in [-0.1, -0.05) is 59.1 Å². The Morgan fingerprint density at radius 2 is 1.87 bits per heavy atom. The zero-order chi connectivity index (χ0) is 22.4. The minimum Gasteiger partial charge on any atom is -0.505 e. The molecule has 5 heteroatoms. The van der Waals surface area contributed by atoms with Gasteiger partial charge in [0.05, 0.1) is 25.5 Å². The molecule has 168 valence electrons. The molecule has 1 unspecified atom stereocenters. The van der Waals surface area contributed by atoms with Gasteiger partial charge in [0.1, 0.15) is 0 Å². The molecular weight excluding hydrogens is 390 g/mol. The molecule has 1 fully saturated rings. The van der Waals surface area contributed by atoms with Gasteiger partial charge in [-0.2, -0.15) is 0 Å². The highest BCUT2D eigenvalue weighted by atomic mass is 28.4. The summed E-state index contributed by atoms with van der Waals surface area (Å²) in [7, 11) is -0.242. The first kappa shape index (κ1) is 24.7. The lowest BCUT2D eigenvalue weighted by atomic mass is 10.0. The number of carbonyl (C=O) groups excluding carboxylic acids is 1. The van der Waals surface area contributed by atoms with Gasteiger partial charge in [0.2, 0.25) is 5.91 Å². The number of unbranched alkanes of at least 4 members (excludes halogenated alkanes) is 2. The van der Waals surface area contributed by atoms with Crippen molar-refractivity contribution in [3.63, 3.8) is 0 Å². The predicted octanol–water partition coefficient (Wildman–Crippen LogP) is 6.99. The molecule has 0 radical (unpaired) electrons. The number of benzene rings is 1. The number of carbonyl (C=O) groups is 1. The summed E-state index contributed by atoms with van der Waals surface area (Å²) in [6.07, 6.45) is 9.81. The third-order valence-corrected chi connectivity index (χ3v) is 11.0. The first-order valence-electron chi connectivity index (χ1n) is 11.4. The molecule has 0 saturated carbocycles. The average Bonchev–Trinajstić information content (AvgIpc) is 3.05. The lowest BCUT2D eigenvalue weighted by molar-refractivity contribution is -0.117. The molecule has 1 aromatic rings. The molecule has 1 heterocycles. The Morgan fingerprint density at radius 3 is 2.43 bits per heavy atom. The van der Waals surface area contributed by atoms with E-state index in [9.17, 15) is 4.79 Å². The summed E-state index contributed by atoms with van der Waals surface area (Å²) in [4.78, 5) is 14.4. The highest BCUT2D eigenvalue weighted by Crippen LogP contribution is 2.41. The smallest absolute Gasteiger partial charge is 0.227 e. The Morgan fingerprint density at radius 1 is 1.20 bits per heavy atom. The highest BCUT2D eigenvalue weighted by Gasteiger charge is 2.39. The van der Waals surface area contributed by atoms with Gasteiger partial charge >= 0.3 is 0 Å². The van der Waals surface area contributed by atoms with Crippen molar-refractivity contribution in [2.45, 2.75) is 96.5 Å². The number of amides is 1. The number of anilines is 1. The van der Waals surface area contributed by atoms with Crippen molar-refractivity contribution in [3.8, 4) is 0 Å². The van der Waals surface area contributed by atoms with Crippen molar-refractivity contribution in [1.29, 1.82) is 0 Å². The van der Waals surface area contributed by atoms with Gasteiger partial charge in [-0.15, -0.1) is 0 Å². The zero-order valence-corrected chi connectivity index (χ0v) is 21.0. The number of hydrogen-bond donors (Lipinski definition) is 0. The van der Waals surface area contributed by atoms with E-state index >= 15 is 0 Å². The minimum absolute atomic E-state index is 0.0622. The molecule has 1 amide bonds. The Labute approximate surface area is 184 Å². The summed E-state index contributed by atoms with van der Waals surface area (Å²) in [5.74, 6) is 0.172. The van der Waals surface area contributed by atoms with E-state index in [-0.39, 0.29) is 23.1 Å². The second-order valence-electron chi connectivity index (χ2n) is 9.89. The number of hydrogen-bond acceptors (Lipinski definition) is 3. The SMILES string of the molecule is CCCCCC(O[Si](C)(C)C(C)(C)C)c1ccc(N2C(=O)CC[C@@H]2/C=C/OC)cc1. The fraction of sp³-hybridized carbons (Fsp3) is 0.640. The van der Waals surface area contributed by atoms with Crippen LogP contribution in [0.15, 0.2) is 36.6 Å². The summed E-state index contributed by atoms with van der Waals surface area (Å²) in [5, 5.41) is 0.179. The van der Waals surface area contributed by atoms with Crippen molar-refractivity contribution < 1.29 is 14.0 Å². The van der Waals surface area contributed by atoms with Crippen molar-refractivity contribution in [2.75, 3.05) is 12.0 Å². The van der Waals surface area contributed by atoms with Crippen LogP contribution in [0.2, 0.25) is 18.1 Å². The largest absolute Gasteiger partial charge is 0.505 e. The second-order valence-corrected chi connectivity index (χ2v) is 14.6. The van der Waals surface area contributed by atoms with Crippen LogP contribution >= 0.6 is 0 Å². The Hall–Kier alpha value is -1.59. The highest BCUT2D eigenvalue weighted by molar-refractivity contribution is 6.74. The summed E-state index contributed by atoms with van der Waals surface area (Å²) in [6.45, 7) is 13.8. The maximum atomic E-state index is 12.5. The first-order valence-corrected chi connectivity index (χ1v) is 14.3. The van der Waals surface area contributed by atoms with Crippen LogP contribution < -0.4 is 4.90 Å². The maximum absolute atomic E-state index is 12.5. The van der Waals surface area contributed by atoms with Crippen molar-refractivity contribution in [2.24, 2.45) is 0 Å². The van der Waals surface area contributed by atoms with E-state index in [4.69, 9.17) is 9.16 Å². The van der Waals surface area contributed by atoms with Crippen LogP contribution in [0, 0.1) is 0 Å². The number of nitrogens with zero attached hydrogens (tertiary/aromatic N) is 1. The van der Waals surface area contributed by atoms with Gasteiger partial charge in [-0.3, -0.25) is 4.79 Å². The van der Waals surface area contributed by atoms with Crippen LogP contribution in [-0.2, 0) is 14.0 Å². The van der Waals surface area contributed by atoms with Crippen LogP contribution in [0.5, 0.6) is 0 Å². The standard InChI is InChI=1S/C25H41NO3Si/c1-8-9-10-11-23(29-30(6,7)25(2,3)4)20-12-14-21(15-13-20)26-22(18-19-28-5)16-17-24(26)27/h12-15,18-19,22-23H,8-11,16-17H2,1-7H3/b19-18+/t22-,23?/m1/s1. The summed E-state index contributed by atoms with van der Waals surface area (Å²) in [6, 6.07) is 8.53. The third-order valence-electron chi connectivity index (χ3n) is 6.55. The van der Waals surface area contributed by atoms with Crippen LogP contribution in [0.4, 0.5) is 5.69 Å². The maximum Gasteiger partial charge on any atom is 0.227 e. The Kier molecular flexibility index (Phi) is 8.74. The molecule has 0 aromatic heterocycles. The second kappa shape index (κ2) is 10.6. The monoisotopic (exact) mass is 431 g/mol. The molecule has 2 rings (SSSR count). The van der Waals surface area contributed by atoms with Crippen LogP contribution in [0.25, 0.3) is 0 Å². The lowest BCUT2D eigenvalue weighted by Gasteiger charge is -2.39. The normalized spacial score (nSPS) is 19.0. The molecule has 1 aliphatic heterocycles. The summed E-state index contributed by atoms with van der Waals surface area (Å²) in [5.41, 5.74) is 2.17. The zero-order valence-electron chi connectivity index (χ0n) is 20.0. The summed E-state index contributed by atoms with van der Waals surface area (Å²) < 4.78 is 11.9. The molecule has 1 saturated heterocycles. The van der Waals surface area contributed by atoms with Gasteiger partial charge in [0.25, 0.3) is 0 Å². The molecular formula is C25H41NO3Si. The number of rotatable bonds is 10. The molecule has 4 nitrogen and oxygen atoms in total. The predicted molar refractivity (Wildman–Crippen MR) is 128 cm³/mol. The fourth-order valence-corrected chi connectivity index (χ4v) is 4.97. The van der Waals surface area contributed by atoms with E-state index in [2.05, 4.69) is 65.1 Å². The van der Waals surface area contributed by atoms with E-state index in [1.165, 1.54) is 24.8 Å². The first-order chi connectivity index (χ1) is 14.1. The lowest BCUT2D eigenvalue weighted by Crippen LogP contribution is -2.41. The molecule has 1 aliphatic rings. The fourth-order valence-electron chi connectivity index (χ4n) is 3.65. The average molecular weight is 432 g/mol. The van der Waals surface area contributed by atoms with E-state index in [1.54, 1.807) is 13.4 Å². The molecule has 0 aliphatic carbocycles. The number of ether oxygens (including phenoxy) is 1. The van der Waals surface area contributed by atoms with Crippen molar-refractivity contribution >= 4 is 19.9 Å². The van der Waals surface area contributed by atoms with Crippen LogP contribution in [-0.4, -0.2) is 27.4 Å². The molecule has 0 bridgehead atoms. The van der Waals surface area contributed by atoms with Gasteiger partial charge < -0.3 is 14.1 Å². The topological polar surface area (TPSA) is 38.8 Å². The van der Waals surface area contributed by atoms with Crippen molar-refractivity contribution in [3.05, 3.63) is 42.2 Å².